The molecule has 5 aromatic carbocycles. The smallest absolute Gasteiger partial charge is 0.260 e. The number of ether oxygens (including phenoxy) is 2. The Labute approximate surface area is 260 Å². The van der Waals surface area contributed by atoms with Crippen LogP contribution in [0.25, 0.3) is 0 Å². The zero-order chi connectivity index (χ0) is 30.2. The molecular formula is C40H36BNO2. The van der Waals surface area contributed by atoms with Gasteiger partial charge in [-0.1, -0.05) is 108 Å². The van der Waals surface area contributed by atoms with E-state index in [0.717, 1.165) is 40.6 Å². The molecule has 0 unspecified atom stereocenters. The van der Waals surface area contributed by atoms with E-state index in [4.69, 9.17) is 9.47 Å². The van der Waals surface area contributed by atoms with Crippen molar-refractivity contribution >= 4 is 40.2 Å². The van der Waals surface area contributed by atoms with E-state index in [9.17, 15) is 0 Å². The van der Waals surface area contributed by atoms with Crippen LogP contribution < -0.4 is 30.8 Å². The van der Waals surface area contributed by atoms with Crippen LogP contribution in [0.5, 0.6) is 23.0 Å². The number of hydrogen-bond donors (Lipinski definition) is 0. The molecule has 9 rings (SSSR count). The second-order valence-corrected chi connectivity index (χ2v) is 14.9. The summed E-state index contributed by atoms with van der Waals surface area (Å²) >= 11 is 0. The molecular weight excluding hydrogens is 537 g/mol. The van der Waals surface area contributed by atoms with Gasteiger partial charge < -0.3 is 14.4 Å². The number of anilines is 3. The van der Waals surface area contributed by atoms with Crippen LogP contribution in [0.1, 0.15) is 70.2 Å². The van der Waals surface area contributed by atoms with Crippen LogP contribution in [0.2, 0.25) is 0 Å². The van der Waals surface area contributed by atoms with E-state index < -0.39 is 0 Å². The molecule has 3 nitrogen and oxygen atoms in total. The van der Waals surface area contributed by atoms with Crippen molar-refractivity contribution in [3.63, 3.8) is 0 Å². The molecule has 3 heterocycles. The SMILES string of the molecule is CC1(C)CC(C)(C)c2c1ccc1c2Oc2cc(N3c4ccccc4C(C)(C)c4ccccc43)cc3c2B1c1ccccc1O3. The predicted molar refractivity (Wildman–Crippen MR) is 182 cm³/mol. The summed E-state index contributed by atoms with van der Waals surface area (Å²) in [6.45, 7) is 14.2. The van der Waals surface area contributed by atoms with Crippen LogP contribution in [-0.2, 0) is 16.2 Å². The van der Waals surface area contributed by atoms with Gasteiger partial charge in [0.1, 0.15) is 23.0 Å². The normalized spacial score (nSPS) is 18.5. The topological polar surface area (TPSA) is 21.7 Å². The average Bonchev–Trinajstić information content (AvgIpc) is 3.20. The molecule has 4 heteroatoms. The van der Waals surface area contributed by atoms with Crippen LogP contribution in [-0.4, -0.2) is 6.71 Å². The first-order valence-electron chi connectivity index (χ1n) is 15.9. The summed E-state index contributed by atoms with van der Waals surface area (Å²) in [6, 6.07) is 35.3. The van der Waals surface area contributed by atoms with Gasteiger partial charge in [-0.2, -0.15) is 0 Å². The third-order valence-corrected chi connectivity index (χ3v) is 10.7. The maximum Gasteiger partial charge on any atom is 0.260 e. The van der Waals surface area contributed by atoms with Gasteiger partial charge in [-0.05, 0) is 63.1 Å². The molecule has 0 aromatic heterocycles. The van der Waals surface area contributed by atoms with Gasteiger partial charge in [0.15, 0.2) is 0 Å². The van der Waals surface area contributed by atoms with E-state index in [1.54, 1.807) is 0 Å². The molecule has 4 aliphatic rings. The molecule has 3 aliphatic heterocycles. The summed E-state index contributed by atoms with van der Waals surface area (Å²) in [5.74, 6) is 3.71. The van der Waals surface area contributed by atoms with Crippen LogP contribution in [0.4, 0.5) is 17.1 Å². The van der Waals surface area contributed by atoms with Crippen molar-refractivity contribution in [1.82, 2.24) is 0 Å². The Morgan fingerprint density at radius 2 is 1.20 bits per heavy atom. The third kappa shape index (κ3) is 3.29. The van der Waals surface area contributed by atoms with Crippen LogP contribution in [0.15, 0.2) is 97.1 Å². The van der Waals surface area contributed by atoms with Gasteiger partial charge in [-0.3, -0.25) is 0 Å². The predicted octanol–water partition coefficient (Wildman–Crippen LogP) is 8.48. The quantitative estimate of drug-likeness (QED) is 0.184. The Morgan fingerprint density at radius 1 is 0.591 bits per heavy atom. The molecule has 0 bridgehead atoms. The van der Waals surface area contributed by atoms with Gasteiger partial charge in [-0.15, -0.1) is 0 Å². The van der Waals surface area contributed by atoms with Gasteiger partial charge in [-0.25, -0.2) is 0 Å². The van der Waals surface area contributed by atoms with Crippen molar-refractivity contribution in [2.75, 3.05) is 4.90 Å². The highest BCUT2D eigenvalue weighted by Crippen LogP contribution is 2.55. The summed E-state index contributed by atoms with van der Waals surface area (Å²) in [4.78, 5) is 2.40. The lowest BCUT2D eigenvalue weighted by molar-refractivity contribution is 0.394. The van der Waals surface area contributed by atoms with Crippen LogP contribution in [0, 0.1) is 0 Å². The highest BCUT2D eigenvalue weighted by Gasteiger charge is 2.49. The fourth-order valence-corrected chi connectivity index (χ4v) is 9.10. The molecule has 0 saturated heterocycles. The number of nitrogens with zero attached hydrogens (tertiary/aromatic N) is 1. The molecule has 5 aromatic rings. The van der Waals surface area contributed by atoms with E-state index >= 15 is 0 Å². The standard InChI is InChI=1S/C40H36BNO2/c1-38(2)23-39(3,4)35-27(38)19-20-29-37(35)44-34-22-24(21-33-36(34)41(29)28-15-9-12-18-32(28)43-33)42-30-16-10-7-13-25(30)40(5,6)26-14-8-11-17-31(26)42/h7-22H,23H2,1-6H3. The summed E-state index contributed by atoms with van der Waals surface area (Å²) in [7, 11) is 0. The zero-order valence-electron chi connectivity index (χ0n) is 26.3. The Balaban J connectivity index is 1.32. The number of benzene rings is 5. The van der Waals surface area contributed by atoms with Gasteiger partial charge in [0, 0.05) is 28.6 Å². The largest absolute Gasteiger partial charge is 0.458 e. The molecule has 44 heavy (non-hydrogen) atoms. The molecule has 0 N–H and O–H groups in total. The van der Waals surface area contributed by atoms with E-state index in [1.807, 2.05) is 0 Å². The molecule has 0 fully saturated rings. The summed E-state index contributed by atoms with van der Waals surface area (Å²) < 4.78 is 13.9. The maximum atomic E-state index is 7.15. The second-order valence-electron chi connectivity index (χ2n) is 14.9. The number of fused-ring (bicyclic) bond motifs is 8. The molecule has 0 spiro atoms. The Bertz CT molecular complexity index is 2010. The monoisotopic (exact) mass is 573 g/mol. The molecule has 0 amide bonds. The van der Waals surface area contributed by atoms with Crippen molar-refractivity contribution in [3.05, 3.63) is 119 Å². The summed E-state index contributed by atoms with van der Waals surface area (Å²) in [5.41, 5.74) is 12.3. The lowest BCUT2D eigenvalue weighted by atomic mass is 9.34. The number of rotatable bonds is 1. The Hall–Kier alpha value is -4.44. The average molecular weight is 574 g/mol. The minimum atomic E-state index is -0.124. The highest BCUT2D eigenvalue weighted by molar-refractivity contribution is 6.98. The van der Waals surface area contributed by atoms with E-state index in [2.05, 4.69) is 144 Å². The Morgan fingerprint density at radius 3 is 1.91 bits per heavy atom. The molecule has 0 atom stereocenters. The van der Waals surface area contributed by atoms with Gasteiger partial charge in [0.05, 0.1) is 17.1 Å². The maximum absolute atomic E-state index is 7.15. The van der Waals surface area contributed by atoms with E-state index in [0.29, 0.717) is 0 Å². The van der Waals surface area contributed by atoms with Gasteiger partial charge in [0.25, 0.3) is 6.71 Å². The second kappa shape index (κ2) is 8.38. The molecule has 1 aliphatic carbocycles. The molecule has 216 valence electrons. The zero-order valence-corrected chi connectivity index (χ0v) is 26.3. The van der Waals surface area contributed by atoms with Crippen molar-refractivity contribution in [2.45, 2.75) is 64.2 Å². The van der Waals surface area contributed by atoms with E-state index in [-0.39, 0.29) is 23.0 Å². The van der Waals surface area contributed by atoms with Crippen molar-refractivity contribution in [3.8, 4) is 23.0 Å². The fraction of sp³-hybridized carbons (Fsp3) is 0.250. The summed E-state index contributed by atoms with van der Waals surface area (Å²) in [6.07, 6.45) is 1.09. The van der Waals surface area contributed by atoms with Crippen molar-refractivity contribution in [1.29, 1.82) is 0 Å². The minimum Gasteiger partial charge on any atom is -0.458 e. The lowest BCUT2D eigenvalue weighted by Gasteiger charge is -2.42. The number of hydrogen-bond acceptors (Lipinski definition) is 3. The van der Waals surface area contributed by atoms with Crippen LogP contribution in [0.3, 0.4) is 0 Å². The third-order valence-electron chi connectivity index (χ3n) is 10.7. The highest BCUT2D eigenvalue weighted by atomic mass is 16.5. The van der Waals surface area contributed by atoms with Crippen molar-refractivity contribution in [2.24, 2.45) is 0 Å². The molecule has 0 radical (unpaired) electrons. The first kappa shape index (κ1) is 26.0. The number of para-hydroxylation sites is 3. The van der Waals surface area contributed by atoms with Crippen LogP contribution >= 0.6 is 0 Å². The van der Waals surface area contributed by atoms with Gasteiger partial charge >= 0.3 is 0 Å². The van der Waals surface area contributed by atoms with E-state index in [1.165, 1.54) is 44.6 Å². The Kier molecular flexibility index (Phi) is 4.96. The molecule has 0 saturated carbocycles. The lowest BCUT2D eigenvalue weighted by Crippen LogP contribution is -2.57. The first-order valence-corrected chi connectivity index (χ1v) is 15.9. The first-order chi connectivity index (χ1) is 21.1. The summed E-state index contributed by atoms with van der Waals surface area (Å²) in [5, 5.41) is 0. The van der Waals surface area contributed by atoms with Crippen molar-refractivity contribution < 1.29 is 9.47 Å². The minimum absolute atomic E-state index is 0.00311. The fourth-order valence-electron chi connectivity index (χ4n) is 9.10. The van der Waals surface area contributed by atoms with Gasteiger partial charge in [0.2, 0.25) is 0 Å².